The standard InChI is InChI=1S/C7H11N3O2/c1-2-6(11)10-7-9-5(3-8)4-12-7/h4H,2-3,8H2,1H3,(H,9,10,11). The molecule has 1 heterocycles. The molecule has 66 valence electrons. The zero-order valence-electron chi connectivity index (χ0n) is 6.83. The van der Waals surface area contributed by atoms with Gasteiger partial charge >= 0.3 is 6.01 Å². The first kappa shape index (κ1) is 8.73. The van der Waals surface area contributed by atoms with Gasteiger partial charge in [0.2, 0.25) is 5.91 Å². The van der Waals surface area contributed by atoms with Crippen molar-refractivity contribution in [1.82, 2.24) is 4.98 Å². The Morgan fingerprint density at radius 2 is 2.58 bits per heavy atom. The highest BCUT2D eigenvalue weighted by atomic mass is 16.4. The lowest BCUT2D eigenvalue weighted by Gasteiger charge is -1.94. The van der Waals surface area contributed by atoms with Gasteiger partial charge in [-0.15, -0.1) is 0 Å². The van der Waals surface area contributed by atoms with Crippen LogP contribution in [-0.4, -0.2) is 10.9 Å². The van der Waals surface area contributed by atoms with E-state index in [0.29, 0.717) is 18.7 Å². The van der Waals surface area contributed by atoms with Gasteiger partial charge in [0.05, 0.1) is 5.69 Å². The van der Waals surface area contributed by atoms with Crippen LogP contribution in [0.4, 0.5) is 6.01 Å². The van der Waals surface area contributed by atoms with Gasteiger partial charge in [0.15, 0.2) is 0 Å². The number of carbonyl (C=O) groups is 1. The van der Waals surface area contributed by atoms with E-state index in [2.05, 4.69) is 10.3 Å². The van der Waals surface area contributed by atoms with E-state index in [1.807, 2.05) is 0 Å². The molecule has 12 heavy (non-hydrogen) atoms. The van der Waals surface area contributed by atoms with Crippen LogP contribution in [0.15, 0.2) is 10.7 Å². The topological polar surface area (TPSA) is 81.2 Å². The summed E-state index contributed by atoms with van der Waals surface area (Å²) >= 11 is 0. The number of anilines is 1. The minimum Gasteiger partial charge on any atom is -0.432 e. The van der Waals surface area contributed by atoms with Gasteiger partial charge in [-0.3, -0.25) is 10.1 Å². The average molecular weight is 169 g/mol. The van der Waals surface area contributed by atoms with Crippen molar-refractivity contribution in [3.63, 3.8) is 0 Å². The fourth-order valence-electron chi connectivity index (χ4n) is 0.666. The van der Waals surface area contributed by atoms with E-state index in [1.54, 1.807) is 6.92 Å². The molecule has 0 spiro atoms. The van der Waals surface area contributed by atoms with Gasteiger partial charge < -0.3 is 10.2 Å². The minimum atomic E-state index is -0.125. The Morgan fingerprint density at radius 1 is 1.83 bits per heavy atom. The number of hydrogen-bond acceptors (Lipinski definition) is 4. The van der Waals surface area contributed by atoms with E-state index < -0.39 is 0 Å². The molecule has 1 rings (SSSR count). The number of aromatic nitrogens is 1. The molecular weight excluding hydrogens is 158 g/mol. The van der Waals surface area contributed by atoms with Gasteiger partial charge in [-0.25, -0.2) is 0 Å². The molecule has 5 heteroatoms. The third kappa shape index (κ3) is 2.06. The highest BCUT2D eigenvalue weighted by molar-refractivity contribution is 5.88. The van der Waals surface area contributed by atoms with Crippen LogP contribution in [-0.2, 0) is 11.3 Å². The second kappa shape index (κ2) is 3.87. The van der Waals surface area contributed by atoms with Crippen molar-refractivity contribution in [2.45, 2.75) is 19.9 Å². The van der Waals surface area contributed by atoms with Gasteiger partial charge in [0, 0.05) is 13.0 Å². The van der Waals surface area contributed by atoms with Crippen molar-refractivity contribution >= 4 is 11.9 Å². The average Bonchev–Trinajstić information content (AvgIpc) is 2.52. The Hall–Kier alpha value is -1.36. The molecule has 3 N–H and O–H groups in total. The molecule has 0 aromatic carbocycles. The van der Waals surface area contributed by atoms with Crippen molar-refractivity contribution in [2.24, 2.45) is 5.73 Å². The van der Waals surface area contributed by atoms with Crippen LogP contribution in [0.3, 0.4) is 0 Å². The lowest BCUT2D eigenvalue weighted by molar-refractivity contribution is -0.116. The molecule has 0 unspecified atom stereocenters. The molecule has 0 aliphatic heterocycles. The number of nitrogens with zero attached hydrogens (tertiary/aromatic N) is 1. The second-order valence-electron chi connectivity index (χ2n) is 2.25. The van der Waals surface area contributed by atoms with Crippen molar-refractivity contribution in [2.75, 3.05) is 5.32 Å². The minimum absolute atomic E-state index is 0.125. The normalized spacial score (nSPS) is 9.83. The van der Waals surface area contributed by atoms with Crippen LogP contribution in [0.5, 0.6) is 0 Å². The number of amides is 1. The molecule has 0 aliphatic carbocycles. The Morgan fingerprint density at radius 3 is 3.08 bits per heavy atom. The molecule has 0 atom stereocenters. The van der Waals surface area contributed by atoms with Crippen molar-refractivity contribution in [3.05, 3.63) is 12.0 Å². The fourth-order valence-corrected chi connectivity index (χ4v) is 0.666. The summed E-state index contributed by atoms with van der Waals surface area (Å²) in [4.78, 5) is 14.7. The zero-order valence-corrected chi connectivity index (χ0v) is 6.83. The summed E-state index contributed by atoms with van der Waals surface area (Å²) in [5, 5.41) is 2.47. The van der Waals surface area contributed by atoms with E-state index in [9.17, 15) is 4.79 Å². The molecular formula is C7H11N3O2. The summed E-state index contributed by atoms with van der Waals surface area (Å²) in [6, 6.07) is 0.210. The highest BCUT2D eigenvalue weighted by Crippen LogP contribution is 2.06. The summed E-state index contributed by atoms with van der Waals surface area (Å²) in [5.41, 5.74) is 5.92. The Kier molecular flexibility index (Phi) is 2.82. The van der Waals surface area contributed by atoms with Crippen LogP contribution in [0.25, 0.3) is 0 Å². The number of nitrogens with one attached hydrogen (secondary N) is 1. The molecule has 0 bridgehead atoms. The van der Waals surface area contributed by atoms with Gasteiger partial charge in [-0.05, 0) is 0 Å². The second-order valence-corrected chi connectivity index (χ2v) is 2.25. The SMILES string of the molecule is CCC(=O)Nc1nc(CN)co1. The van der Waals surface area contributed by atoms with Gasteiger partial charge in [0.1, 0.15) is 6.26 Å². The van der Waals surface area contributed by atoms with Crippen LogP contribution < -0.4 is 11.1 Å². The number of carbonyl (C=O) groups excluding carboxylic acids is 1. The smallest absolute Gasteiger partial charge is 0.301 e. The first-order valence-electron chi connectivity index (χ1n) is 3.70. The maximum atomic E-state index is 10.8. The summed E-state index contributed by atoms with van der Waals surface area (Å²) in [6.45, 7) is 2.06. The van der Waals surface area contributed by atoms with Crippen LogP contribution in [0.1, 0.15) is 19.0 Å². The van der Waals surface area contributed by atoms with Gasteiger partial charge in [0.25, 0.3) is 0 Å². The Bertz CT molecular complexity index is 269. The molecule has 1 amide bonds. The van der Waals surface area contributed by atoms with Gasteiger partial charge in [-0.1, -0.05) is 6.92 Å². The largest absolute Gasteiger partial charge is 0.432 e. The third-order valence-corrected chi connectivity index (χ3v) is 1.33. The van der Waals surface area contributed by atoms with Crippen molar-refractivity contribution in [3.8, 4) is 0 Å². The lowest BCUT2D eigenvalue weighted by atomic mass is 10.5. The number of nitrogens with two attached hydrogens (primary N) is 1. The number of oxazole rings is 1. The summed E-state index contributed by atoms with van der Waals surface area (Å²) < 4.78 is 4.90. The third-order valence-electron chi connectivity index (χ3n) is 1.33. The van der Waals surface area contributed by atoms with Crippen LogP contribution in [0.2, 0.25) is 0 Å². The molecule has 0 radical (unpaired) electrons. The van der Waals surface area contributed by atoms with Crippen LogP contribution in [0, 0.1) is 0 Å². The fraction of sp³-hybridized carbons (Fsp3) is 0.429. The Labute approximate surface area is 70.0 Å². The zero-order chi connectivity index (χ0) is 8.97. The maximum absolute atomic E-state index is 10.8. The first-order valence-corrected chi connectivity index (χ1v) is 3.70. The van der Waals surface area contributed by atoms with E-state index in [0.717, 1.165) is 0 Å². The number of hydrogen-bond donors (Lipinski definition) is 2. The number of rotatable bonds is 3. The molecule has 0 aliphatic rings. The van der Waals surface area contributed by atoms with Crippen LogP contribution >= 0.6 is 0 Å². The molecule has 1 aromatic rings. The monoisotopic (exact) mass is 169 g/mol. The van der Waals surface area contributed by atoms with E-state index in [1.165, 1.54) is 6.26 Å². The predicted octanol–water partition coefficient (Wildman–Crippen LogP) is 0.482. The van der Waals surface area contributed by atoms with Crippen molar-refractivity contribution < 1.29 is 9.21 Å². The van der Waals surface area contributed by atoms with E-state index in [4.69, 9.17) is 10.2 Å². The van der Waals surface area contributed by atoms with E-state index in [-0.39, 0.29) is 11.9 Å². The quantitative estimate of drug-likeness (QED) is 0.689. The molecule has 0 saturated carbocycles. The maximum Gasteiger partial charge on any atom is 0.301 e. The summed E-state index contributed by atoms with van der Waals surface area (Å²) in [6.07, 6.45) is 1.83. The summed E-state index contributed by atoms with van der Waals surface area (Å²) in [7, 11) is 0. The summed E-state index contributed by atoms with van der Waals surface area (Å²) in [5.74, 6) is -0.125. The molecule has 5 nitrogen and oxygen atoms in total. The van der Waals surface area contributed by atoms with Crippen molar-refractivity contribution in [1.29, 1.82) is 0 Å². The highest BCUT2D eigenvalue weighted by Gasteiger charge is 2.04. The molecule has 0 fully saturated rings. The predicted molar refractivity (Wildman–Crippen MR) is 43.3 cm³/mol. The Balaban J connectivity index is 2.58. The lowest BCUT2D eigenvalue weighted by Crippen LogP contribution is -2.09. The van der Waals surface area contributed by atoms with Gasteiger partial charge in [-0.2, -0.15) is 4.98 Å². The molecule has 1 aromatic heterocycles. The van der Waals surface area contributed by atoms with E-state index >= 15 is 0 Å². The first-order chi connectivity index (χ1) is 5.76. The molecule has 0 saturated heterocycles.